The smallest absolute Gasteiger partial charge is 0.317 e. The van der Waals surface area contributed by atoms with Crippen LogP contribution in [0.4, 0.5) is 4.79 Å². The van der Waals surface area contributed by atoms with Gasteiger partial charge in [0.05, 0.1) is 10.6 Å². The van der Waals surface area contributed by atoms with Crippen LogP contribution in [-0.4, -0.2) is 54.5 Å². The first kappa shape index (κ1) is 16.6. The van der Waals surface area contributed by atoms with Gasteiger partial charge in [0.1, 0.15) is 0 Å². The second kappa shape index (κ2) is 8.03. The number of urea groups is 1. The van der Waals surface area contributed by atoms with Crippen molar-refractivity contribution in [2.24, 2.45) is 0 Å². The van der Waals surface area contributed by atoms with E-state index < -0.39 is 0 Å². The summed E-state index contributed by atoms with van der Waals surface area (Å²) >= 11 is 6.09. The van der Waals surface area contributed by atoms with E-state index in [0.29, 0.717) is 43.3 Å². The molecule has 1 fully saturated rings. The monoisotopic (exact) mass is 323 g/mol. The normalized spacial score (nSPS) is 15.4. The highest BCUT2D eigenvalue weighted by atomic mass is 35.5. The van der Waals surface area contributed by atoms with Gasteiger partial charge < -0.3 is 15.1 Å². The van der Waals surface area contributed by atoms with Gasteiger partial charge in [-0.05, 0) is 25.0 Å². The molecule has 120 valence electrons. The molecule has 1 saturated heterocycles. The number of carbonyl (C=O) groups excluding carboxylic acids is 2. The summed E-state index contributed by atoms with van der Waals surface area (Å²) < 4.78 is 0. The summed E-state index contributed by atoms with van der Waals surface area (Å²) in [6.07, 6.45) is 1.69. The number of hydrogen-bond acceptors (Lipinski definition) is 2. The molecule has 2 rings (SSSR count). The summed E-state index contributed by atoms with van der Waals surface area (Å²) in [4.78, 5) is 28.1. The molecule has 1 N–H and O–H groups in total. The second-order valence-corrected chi connectivity index (χ2v) is 5.75. The van der Waals surface area contributed by atoms with Gasteiger partial charge in [-0.3, -0.25) is 4.79 Å². The molecule has 0 bridgehead atoms. The molecule has 0 radical (unpaired) electrons. The fraction of sp³-hybridized carbons (Fsp3) is 0.500. The maximum absolute atomic E-state index is 12.5. The predicted octanol–water partition coefficient (Wildman–Crippen LogP) is 2.61. The van der Waals surface area contributed by atoms with Gasteiger partial charge in [-0.2, -0.15) is 0 Å². The van der Waals surface area contributed by atoms with Crippen molar-refractivity contribution >= 4 is 23.5 Å². The van der Waals surface area contributed by atoms with Crippen LogP contribution in [0.15, 0.2) is 24.3 Å². The molecule has 22 heavy (non-hydrogen) atoms. The number of benzene rings is 1. The van der Waals surface area contributed by atoms with Gasteiger partial charge in [-0.25, -0.2) is 4.79 Å². The van der Waals surface area contributed by atoms with Crippen LogP contribution in [0.25, 0.3) is 0 Å². The average molecular weight is 324 g/mol. The number of nitrogens with zero attached hydrogens (tertiary/aromatic N) is 2. The van der Waals surface area contributed by atoms with E-state index in [1.807, 2.05) is 6.92 Å². The van der Waals surface area contributed by atoms with E-state index in [9.17, 15) is 9.59 Å². The summed E-state index contributed by atoms with van der Waals surface area (Å²) in [5, 5.41) is 3.34. The zero-order chi connectivity index (χ0) is 15.9. The number of halogens is 1. The lowest BCUT2D eigenvalue weighted by atomic mass is 10.2. The van der Waals surface area contributed by atoms with Crippen molar-refractivity contribution < 1.29 is 9.59 Å². The molecule has 0 aromatic heterocycles. The third kappa shape index (κ3) is 4.13. The predicted molar refractivity (Wildman–Crippen MR) is 87.2 cm³/mol. The fourth-order valence-corrected chi connectivity index (χ4v) is 2.69. The van der Waals surface area contributed by atoms with E-state index in [-0.39, 0.29) is 11.9 Å². The number of hydrogen-bond donors (Lipinski definition) is 1. The molecule has 1 heterocycles. The van der Waals surface area contributed by atoms with Gasteiger partial charge in [-0.15, -0.1) is 0 Å². The molecule has 5 nitrogen and oxygen atoms in total. The van der Waals surface area contributed by atoms with Crippen molar-refractivity contribution in [3.8, 4) is 0 Å². The molecule has 1 aromatic rings. The average Bonchev–Trinajstić information content (AvgIpc) is 2.78. The molecule has 0 saturated carbocycles. The lowest BCUT2D eigenvalue weighted by Gasteiger charge is -2.22. The van der Waals surface area contributed by atoms with Crippen molar-refractivity contribution in [1.82, 2.24) is 15.1 Å². The zero-order valence-electron chi connectivity index (χ0n) is 12.8. The lowest BCUT2D eigenvalue weighted by molar-refractivity contribution is 0.0762. The van der Waals surface area contributed by atoms with E-state index >= 15 is 0 Å². The third-order valence-electron chi connectivity index (χ3n) is 3.70. The van der Waals surface area contributed by atoms with E-state index in [4.69, 9.17) is 11.6 Å². The Kier molecular flexibility index (Phi) is 6.07. The molecule has 1 aliphatic rings. The zero-order valence-corrected chi connectivity index (χ0v) is 13.6. The lowest BCUT2D eigenvalue weighted by Crippen LogP contribution is -2.42. The highest BCUT2D eigenvalue weighted by molar-refractivity contribution is 6.33. The van der Waals surface area contributed by atoms with Crippen LogP contribution in [-0.2, 0) is 0 Å². The van der Waals surface area contributed by atoms with Gasteiger partial charge in [-0.1, -0.05) is 30.7 Å². The Balaban J connectivity index is 1.97. The first-order valence-electron chi connectivity index (χ1n) is 7.70. The van der Waals surface area contributed by atoms with E-state index in [0.717, 1.165) is 12.8 Å². The minimum Gasteiger partial charge on any atom is -0.338 e. The fourth-order valence-electron chi connectivity index (χ4n) is 2.47. The van der Waals surface area contributed by atoms with Gasteiger partial charge in [0, 0.05) is 32.7 Å². The SMILES string of the molecule is CCCNC(=O)N1CCCN(C(=O)c2ccccc2Cl)CC1. The molecule has 1 aromatic carbocycles. The van der Waals surface area contributed by atoms with Crippen LogP contribution in [0.3, 0.4) is 0 Å². The Morgan fingerprint density at radius 2 is 1.82 bits per heavy atom. The summed E-state index contributed by atoms with van der Waals surface area (Å²) in [5.41, 5.74) is 0.521. The summed E-state index contributed by atoms with van der Waals surface area (Å²) in [7, 11) is 0. The van der Waals surface area contributed by atoms with Crippen LogP contribution in [0.1, 0.15) is 30.1 Å². The summed E-state index contributed by atoms with van der Waals surface area (Å²) in [6.45, 7) is 5.09. The molecular weight excluding hydrogens is 302 g/mol. The van der Waals surface area contributed by atoms with Crippen LogP contribution in [0, 0.1) is 0 Å². The Morgan fingerprint density at radius 1 is 1.14 bits per heavy atom. The number of nitrogens with one attached hydrogen (secondary N) is 1. The molecule has 0 atom stereocenters. The quantitative estimate of drug-likeness (QED) is 0.929. The van der Waals surface area contributed by atoms with E-state index in [1.165, 1.54) is 0 Å². The molecule has 3 amide bonds. The number of amides is 3. The van der Waals surface area contributed by atoms with Gasteiger partial charge in [0.25, 0.3) is 5.91 Å². The van der Waals surface area contributed by atoms with Crippen molar-refractivity contribution in [3.63, 3.8) is 0 Å². The minimum atomic E-state index is -0.0681. The van der Waals surface area contributed by atoms with Gasteiger partial charge >= 0.3 is 6.03 Å². The molecule has 6 heteroatoms. The van der Waals surface area contributed by atoms with Crippen molar-refractivity contribution in [3.05, 3.63) is 34.9 Å². The third-order valence-corrected chi connectivity index (χ3v) is 4.03. The molecule has 1 aliphatic heterocycles. The van der Waals surface area contributed by atoms with Crippen LogP contribution < -0.4 is 5.32 Å². The maximum atomic E-state index is 12.5. The Bertz CT molecular complexity index is 536. The molecule has 0 spiro atoms. The second-order valence-electron chi connectivity index (χ2n) is 5.34. The number of rotatable bonds is 3. The van der Waals surface area contributed by atoms with E-state index in [1.54, 1.807) is 34.1 Å². The summed E-state index contributed by atoms with van der Waals surface area (Å²) in [5.74, 6) is -0.0681. The first-order chi connectivity index (χ1) is 10.6. The molecular formula is C16H22ClN3O2. The van der Waals surface area contributed by atoms with Gasteiger partial charge in [0.15, 0.2) is 0 Å². The Labute approximate surface area is 136 Å². The Hall–Kier alpha value is -1.75. The highest BCUT2D eigenvalue weighted by Crippen LogP contribution is 2.18. The Morgan fingerprint density at radius 3 is 2.55 bits per heavy atom. The number of carbonyl (C=O) groups is 2. The molecule has 0 aliphatic carbocycles. The molecule has 0 unspecified atom stereocenters. The maximum Gasteiger partial charge on any atom is 0.317 e. The van der Waals surface area contributed by atoms with E-state index in [2.05, 4.69) is 5.32 Å². The van der Waals surface area contributed by atoms with Gasteiger partial charge in [0.2, 0.25) is 0 Å². The topological polar surface area (TPSA) is 52.7 Å². The van der Waals surface area contributed by atoms with Crippen LogP contribution in [0.2, 0.25) is 5.02 Å². The van der Waals surface area contributed by atoms with Crippen molar-refractivity contribution in [2.45, 2.75) is 19.8 Å². The van der Waals surface area contributed by atoms with Crippen LogP contribution in [0.5, 0.6) is 0 Å². The van der Waals surface area contributed by atoms with Crippen molar-refractivity contribution in [2.75, 3.05) is 32.7 Å². The standard InChI is InChI=1S/C16H22ClN3O2/c1-2-8-18-16(22)20-10-5-9-19(11-12-20)15(21)13-6-3-4-7-14(13)17/h3-4,6-7H,2,5,8-12H2,1H3,(H,18,22). The largest absolute Gasteiger partial charge is 0.338 e. The summed E-state index contributed by atoms with van der Waals surface area (Å²) in [6, 6.07) is 7.02. The highest BCUT2D eigenvalue weighted by Gasteiger charge is 2.23. The first-order valence-corrected chi connectivity index (χ1v) is 8.08. The van der Waals surface area contributed by atoms with Crippen LogP contribution >= 0.6 is 11.6 Å². The minimum absolute atomic E-state index is 0.0473. The van der Waals surface area contributed by atoms with Crippen molar-refractivity contribution in [1.29, 1.82) is 0 Å².